The summed E-state index contributed by atoms with van der Waals surface area (Å²) in [7, 11) is -3.63. The molecule has 120 valence electrons. The molecule has 0 spiro atoms. The van der Waals surface area contributed by atoms with Crippen molar-refractivity contribution in [2.45, 2.75) is 43.0 Å². The third-order valence-electron chi connectivity index (χ3n) is 4.10. The van der Waals surface area contributed by atoms with Gasteiger partial charge in [-0.1, -0.05) is 0 Å². The highest BCUT2D eigenvalue weighted by Crippen LogP contribution is 2.28. The summed E-state index contributed by atoms with van der Waals surface area (Å²) in [5, 5.41) is 9.44. The van der Waals surface area contributed by atoms with Gasteiger partial charge in [-0.15, -0.1) is 0 Å². The first-order chi connectivity index (χ1) is 10.5. The van der Waals surface area contributed by atoms with E-state index >= 15 is 0 Å². The van der Waals surface area contributed by atoms with Crippen molar-refractivity contribution in [3.8, 4) is 0 Å². The number of aromatic carboxylic acids is 1. The number of carbonyl (C=O) groups is 1. The Morgan fingerprint density at radius 1 is 1.18 bits per heavy atom. The van der Waals surface area contributed by atoms with Crippen molar-refractivity contribution in [2.75, 3.05) is 18.0 Å². The maximum absolute atomic E-state index is 12.2. The third kappa shape index (κ3) is 3.25. The number of nitrogens with zero attached hydrogens (tertiary/aromatic N) is 1. The zero-order valence-electron chi connectivity index (χ0n) is 12.3. The number of carboxylic acids is 1. The average Bonchev–Trinajstić information content (AvgIpc) is 3.30. The molecule has 1 aliphatic carbocycles. The second-order valence-corrected chi connectivity index (χ2v) is 7.64. The van der Waals surface area contributed by atoms with Crippen LogP contribution in [0.25, 0.3) is 0 Å². The van der Waals surface area contributed by atoms with Crippen molar-refractivity contribution in [3.05, 3.63) is 23.8 Å². The molecule has 2 N–H and O–H groups in total. The maximum Gasteiger partial charge on any atom is 0.337 e. The van der Waals surface area contributed by atoms with Crippen LogP contribution in [-0.2, 0) is 10.0 Å². The molecule has 0 aromatic heterocycles. The molecule has 0 radical (unpaired) electrons. The minimum absolute atomic E-state index is 0.0000454. The first-order valence-corrected chi connectivity index (χ1v) is 9.10. The van der Waals surface area contributed by atoms with Gasteiger partial charge in [-0.3, -0.25) is 0 Å². The Morgan fingerprint density at radius 3 is 2.45 bits per heavy atom. The lowest BCUT2D eigenvalue weighted by Gasteiger charge is -2.30. The van der Waals surface area contributed by atoms with E-state index in [1.807, 2.05) is 4.90 Å². The molecule has 2 aliphatic rings. The third-order valence-corrected chi connectivity index (χ3v) is 5.62. The lowest BCUT2D eigenvalue weighted by molar-refractivity contribution is 0.0697. The SMILES string of the molecule is O=C(O)c1cc(S(=O)(=O)NC2CC2)ccc1N1CCCCC1. The summed E-state index contributed by atoms with van der Waals surface area (Å²) in [6, 6.07) is 4.40. The number of hydrogen-bond acceptors (Lipinski definition) is 4. The van der Waals surface area contributed by atoms with Gasteiger partial charge in [0.05, 0.1) is 16.1 Å². The van der Waals surface area contributed by atoms with E-state index in [0.717, 1.165) is 45.2 Å². The molecule has 1 aromatic carbocycles. The standard InChI is InChI=1S/C15H20N2O4S/c18-15(19)13-10-12(22(20,21)16-11-4-5-11)6-7-14(13)17-8-2-1-3-9-17/h6-7,10-11,16H,1-5,8-9H2,(H,18,19). The molecular formula is C15H20N2O4S. The van der Waals surface area contributed by atoms with E-state index in [0.29, 0.717) is 5.69 Å². The van der Waals surface area contributed by atoms with Crippen molar-refractivity contribution >= 4 is 21.7 Å². The lowest BCUT2D eigenvalue weighted by atomic mass is 10.1. The van der Waals surface area contributed by atoms with Crippen LogP contribution in [0.3, 0.4) is 0 Å². The molecule has 1 heterocycles. The van der Waals surface area contributed by atoms with Gasteiger partial charge in [-0.05, 0) is 50.3 Å². The van der Waals surface area contributed by atoms with Gasteiger partial charge in [0.2, 0.25) is 10.0 Å². The highest BCUT2D eigenvalue weighted by molar-refractivity contribution is 7.89. The monoisotopic (exact) mass is 324 g/mol. The Kier molecular flexibility index (Phi) is 4.10. The van der Waals surface area contributed by atoms with Gasteiger partial charge < -0.3 is 10.0 Å². The molecule has 6 nitrogen and oxygen atoms in total. The van der Waals surface area contributed by atoms with Crippen LogP contribution in [0.15, 0.2) is 23.1 Å². The number of piperidine rings is 1. The average molecular weight is 324 g/mol. The van der Waals surface area contributed by atoms with Crippen molar-refractivity contribution in [1.29, 1.82) is 0 Å². The smallest absolute Gasteiger partial charge is 0.337 e. The van der Waals surface area contributed by atoms with Crippen LogP contribution in [0.5, 0.6) is 0 Å². The Labute approximate surface area is 130 Å². The zero-order chi connectivity index (χ0) is 15.7. The Balaban J connectivity index is 1.94. The number of benzene rings is 1. The fraction of sp³-hybridized carbons (Fsp3) is 0.533. The number of rotatable bonds is 5. The molecule has 2 fully saturated rings. The number of nitrogens with one attached hydrogen (secondary N) is 1. The summed E-state index contributed by atoms with van der Waals surface area (Å²) < 4.78 is 27.0. The fourth-order valence-electron chi connectivity index (χ4n) is 2.75. The van der Waals surface area contributed by atoms with Crippen LogP contribution in [-0.4, -0.2) is 38.6 Å². The van der Waals surface area contributed by atoms with Gasteiger partial charge in [-0.25, -0.2) is 17.9 Å². The predicted octanol–water partition coefficient (Wildman–Crippen LogP) is 1.82. The number of sulfonamides is 1. The Morgan fingerprint density at radius 2 is 1.86 bits per heavy atom. The van der Waals surface area contributed by atoms with Gasteiger partial charge in [-0.2, -0.15) is 0 Å². The van der Waals surface area contributed by atoms with Crippen molar-refractivity contribution in [1.82, 2.24) is 4.72 Å². The van der Waals surface area contributed by atoms with Crippen LogP contribution in [0.1, 0.15) is 42.5 Å². The van der Waals surface area contributed by atoms with E-state index in [4.69, 9.17) is 0 Å². The van der Waals surface area contributed by atoms with Crippen molar-refractivity contribution < 1.29 is 18.3 Å². The normalized spacial score (nSPS) is 19.2. The highest BCUT2D eigenvalue weighted by atomic mass is 32.2. The van der Waals surface area contributed by atoms with Gasteiger partial charge in [0.25, 0.3) is 0 Å². The molecule has 0 amide bonds. The first-order valence-electron chi connectivity index (χ1n) is 7.62. The molecule has 3 rings (SSSR count). The van der Waals surface area contributed by atoms with Crippen LogP contribution in [0.2, 0.25) is 0 Å². The molecule has 1 saturated carbocycles. The van der Waals surface area contributed by atoms with Gasteiger partial charge in [0.15, 0.2) is 0 Å². The molecular weight excluding hydrogens is 304 g/mol. The summed E-state index contributed by atoms with van der Waals surface area (Å²) in [6.07, 6.45) is 4.90. The van der Waals surface area contributed by atoms with Crippen LogP contribution in [0.4, 0.5) is 5.69 Å². The molecule has 0 bridgehead atoms. The van der Waals surface area contributed by atoms with Crippen molar-refractivity contribution in [2.24, 2.45) is 0 Å². The maximum atomic E-state index is 12.2. The Bertz CT molecular complexity index is 677. The number of anilines is 1. The quantitative estimate of drug-likeness (QED) is 0.863. The van der Waals surface area contributed by atoms with E-state index in [2.05, 4.69) is 4.72 Å². The van der Waals surface area contributed by atoms with Crippen LogP contribution < -0.4 is 9.62 Å². The summed E-state index contributed by atoms with van der Waals surface area (Å²) >= 11 is 0. The van der Waals surface area contributed by atoms with E-state index in [1.165, 1.54) is 12.1 Å². The first kappa shape index (κ1) is 15.3. The second-order valence-electron chi connectivity index (χ2n) is 5.93. The summed E-state index contributed by atoms with van der Waals surface area (Å²) in [4.78, 5) is 13.6. The molecule has 1 aromatic rings. The van der Waals surface area contributed by atoms with Crippen LogP contribution in [0, 0.1) is 0 Å². The van der Waals surface area contributed by atoms with Crippen molar-refractivity contribution in [3.63, 3.8) is 0 Å². The summed E-state index contributed by atoms with van der Waals surface area (Å²) in [6.45, 7) is 1.62. The molecule has 1 saturated heterocycles. The molecule has 0 atom stereocenters. The topological polar surface area (TPSA) is 86.7 Å². The Hall–Kier alpha value is -1.60. The summed E-state index contributed by atoms with van der Waals surface area (Å²) in [5.74, 6) is -1.09. The van der Waals surface area contributed by atoms with E-state index in [9.17, 15) is 18.3 Å². The van der Waals surface area contributed by atoms with E-state index in [1.54, 1.807) is 6.07 Å². The minimum atomic E-state index is -3.63. The minimum Gasteiger partial charge on any atom is -0.478 e. The summed E-state index contributed by atoms with van der Waals surface area (Å²) in [5.41, 5.74) is 0.665. The highest BCUT2D eigenvalue weighted by Gasteiger charge is 2.29. The largest absolute Gasteiger partial charge is 0.478 e. The molecule has 1 aliphatic heterocycles. The van der Waals surface area contributed by atoms with E-state index < -0.39 is 16.0 Å². The fourth-order valence-corrected chi connectivity index (χ4v) is 4.08. The molecule has 0 unspecified atom stereocenters. The van der Waals surface area contributed by atoms with Gasteiger partial charge in [0.1, 0.15) is 0 Å². The zero-order valence-corrected chi connectivity index (χ0v) is 13.1. The van der Waals surface area contributed by atoms with Gasteiger partial charge >= 0.3 is 5.97 Å². The van der Waals surface area contributed by atoms with Gasteiger partial charge in [0, 0.05) is 19.1 Å². The second kappa shape index (κ2) is 5.89. The number of hydrogen-bond donors (Lipinski definition) is 2. The molecule has 22 heavy (non-hydrogen) atoms. The lowest BCUT2D eigenvalue weighted by Crippen LogP contribution is -2.31. The molecule has 7 heteroatoms. The van der Waals surface area contributed by atoms with Crippen LogP contribution >= 0.6 is 0 Å². The van der Waals surface area contributed by atoms with E-state index in [-0.39, 0.29) is 16.5 Å². The number of carboxylic acid groups (broad SMARTS) is 1. The predicted molar refractivity (Wildman–Crippen MR) is 82.8 cm³/mol.